The number of hydrogen-bond acceptors (Lipinski definition) is 0. The van der Waals surface area contributed by atoms with Crippen LogP contribution in [0.5, 0.6) is 0 Å². The van der Waals surface area contributed by atoms with Gasteiger partial charge in [-0.2, -0.15) is 0 Å². The van der Waals surface area contributed by atoms with Gasteiger partial charge >= 0.3 is 179 Å². The fourth-order valence-corrected chi connectivity index (χ4v) is 11.8. The largest absolute Gasteiger partial charge is 0.0622 e. The molecule has 5 aromatic rings. The van der Waals surface area contributed by atoms with Crippen molar-refractivity contribution >= 4 is 26.0 Å². The van der Waals surface area contributed by atoms with Crippen molar-refractivity contribution in [2.45, 2.75) is 34.4 Å². The zero-order chi connectivity index (χ0) is 28.8. The Balaban J connectivity index is 0.000000189. The minimum absolute atomic E-state index is 0.194. The molecule has 42 heavy (non-hydrogen) atoms. The quantitative estimate of drug-likeness (QED) is 0.130. The Hall–Kier alpha value is -3.28. The molecule has 0 aliphatic heterocycles. The molecule has 5 aromatic carbocycles. The summed E-state index contributed by atoms with van der Waals surface area (Å²) in [4.78, 5) is 0. The molecule has 0 aromatic heterocycles. The van der Waals surface area contributed by atoms with Crippen LogP contribution in [0, 0.1) is 6.92 Å². The zero-order valence-corrected chi connectivity index (χ0v) is 27.0. The zero-order valence-electron chi connectivity index (χ0n) is 24.4. The smallest absolute Gasteiger partial charge is 0.0238 e. The van der Waals surface area contributed by atoms with E-state index in [9.17, 15) is 0 Å². The van der Waals surface area contributed by atoms with Crippen LogP contribution >= 0.6 is 8.58 Å². The summed E-state index contributed by atoms with van der Waals surface area (Å²) in [5.41, 5.74) is 11.7. The van der Waals surface area contributed by atoms with Gasteiger partial charge in [0.2, 0.25) is 0 Å². The topological polar surface area (TPSA) is 0 Å². The van der Waals surface area contributed by atoms with E-state index < -0.39 is 0 Å². The van der Waals surface area contributed by atoms with E-state index in [2.05, 4.69) is 166 Å². The van der Waals surface area contributed by atoms with Gasteiger partial charge in [-0.25, -0.2) is 0 Å². The van der Waals surface area contributed by atoms with E-state index in [0.717, 1.165) is 21.4 Å². The van der Waals surface area contributed by atoms with Crippen LogP contribution in [0.4, 0.5) is 0 Å². The van der Waals surface area contributed by atoms with E-state index in [1.165, 1.54) is 33.1 Å². The molecule has 0 saturated carbocycles. The minimum Gasteiger partial charge on any atom is -0.0622 e. The Morgan fingerprint density at radius 1 is 0.619 bits per heavy atom. The van der Waals surface area contributed by atoms with Gasteiger partial charge in [0.15, 0.2) is 0 Å². The monoisotopic (exact) mass is 596 g/mol. The van der Waals surface area contributed by atoms with Crippen LogP contribution in [0.1, 0.15) is 50.1 Å². The molecule has 0 fully saturated rings. The van der Waals surface area contributed by atoms with Gasteiger partial charge in [-0.1, -0.05) is 60.7 Å². The average Bonchev–Trinajstić information content (AvgIpc) is 3.55. The van der Waals surface area contributed by atoms with E-state index in [4.69, 9.17) is 0 Å². The first kappa shape index (κ1) is 28.8. The average molecular weight is 597 g/mol. The van der Waals surface area contributed by atoms with Crippen LogP contribution in [0.25, 0.3) is 12.2 Å². The van der Waals surface area contributed by atoms with Crippen molar-refractivity contribution < 1.29 is 19.2 Å². The van der Waals surface area contributed by atoms with E-state index in [0.29, 0.717) is 4.22 Å². The third-order valence-corrected chi connectivity index (χ3v) is 14.2. The van der Waals surface area contributed by atoms with Crippen molar-refractivity contribution in [2.24, 2.45) is 0 Å². The van der Waals surface area contributed by atoms with Crippen LogP contribution in [0.3, 0.4) is 0 Å². The maximum Gasteiger partial charge on any atom is -0.0238 e. The fourth-order valence-electron chi connectivity index (χ4n) is 5.98. The molecule has 7 rings (SSSR count). The number of rotatable bonds is 7. The van der Waals surface area contributed by atoms with E-state index in [1.54, 1.807) is 16.7 Å². The number of fused-ring (bicyclic) bond motifs is 2. The standard InChI is InChI=1S/C16H14P.C14H14.C10H9.Ti/c1-12-6-2-5-9-15(12)17-16-11-10-13-7-3-4-8-14(13)16;1-3-7-13(8-4-1)11-12-14-9-5-2-6-10-14;1-8-6-9-4-2-3-5-10(9)7-8;/h2-11,17H,1H3;1-10H,11-12H2;2-7H,1H3;. The van der Waals surface area contributed by atoms with Crippen LogP contribution in [0.2, 0.25) is 0 Å². The van der Waals surface area contributed by atoms with Crippen molar-refractivity contribution in [3.05, 3.63) is 184 Å². The first-order valence-corrected chi connectivity index (χ1v) is 17.5. The molecule has 0 spiro atoms. The molecule has 0 amide bonds. The van der Waals surface area contributed by atoms with E-state index in [1.807, 2.05) is 0 Å². The number of benzene rings is 5. The van der Waals surface area contributed by atoms with Crippen LogP contribution < -0.4 is 5.30 Å². The van der Waals surface area contributed by atoms with Gasteiger partial charge in [-0.15, -0.1) is 0 Å². The van der Waals surface area contributed by atoms with Gasteiger partial charge in [-0.3, -0.25) is 0 Å². The molecule has 2 heteroatoms. The Labute approximate surface area is 262 Å². The Bertz CT molecular complexity index is 1660. The normalized spacial score (nSPS) is 18.2. The third-order valence-electron chi connectivity index (χ3n) is 8.28. The molecular weight excluding hydrogens is 559 g/mol. The molecular formula is C40H37PTi. The number of allylic oxidation sites excluding steroid dienone is 2. The summed E-state index contributed by atoms with van der Waals surface area (Å²) in [6.07, 6.45) is 9.61. The summed E-state index contributed by atoms with van der Waals surface area (Å²) in [5.74, 6) is 0. The van der Waals surface area contributed by atoms with Crippen molar-refractivity contribution in [1.29, 1.82) is 0 Å². The predicted molar refractivity (Wildman–Crippen MR) is 179 cm³/mol. The Morgan fingerprint density at radius 3 is 1.88 bits per heavy atom. The van der Waals surface area contributed by atoms with Gasteiger partial charge in [-0.05, 0) is 24.0 Å². The molecule has 3 unspecified atom stereocenters. The van der Waals surface area contributed by atoms with Gasteiger partial charge in [0.1, 0.15) is 0 Å². The van der Waals surface area contributed by atoms with E-state index in [-0.39, 0.29) is 22.6 Å². The molecule has 0 N–H and O–H groups in total. The first-order valence-electron chi connectivity index (χ1n) is 14.9. The summed E-state index contributed by atoms with van der Waals surface area (Å²) in [7, 11) is 0.789. The van der Waals surface area contributed by atoms with Gasteiger partial charge in [0, 0.05) is 0 Å². The summed E-state index contributed by atoms with van der Waals surface area (Å²) in [6, 6.07) is 48.3. The van der Waals surface area contributed by atoms with Gasteiger partial charge in [0.25, 0.3) is 0 Å². The van der Waals surface area contributed by atoms with Gasteiger partial charge < -0.3 is 0 Å². The Kier molecular flexibility index (Phi) is 9.17. The van der Waals surface area contributed by atoms with Gasteiger partial charge in [0.05, 0.1) is 0 Å². The molecule has 0 heterocycles. The first-order chi connectivity index (χ1) is 20.6. The molecule has 206 valence electrons. The second-order valence-corrected chi connectivity index (χ2v) is 16.2. The molecule has 2 aliphatic carbocycles. The Morgan fingerprint density at radius 2 is 1.19 bits per heavy atom. The third kappa shape index (κ3) is 6.53. The summed E-state index contributed by atoms with van der Waals surface area (Å²) in [5, 5.41) is 1.51. The van der Waals surface area contributed by atoms with Crippen LogP contribution in [-0.2, 0) is 35.5 Å². The summed E-state index contributed by atoms with van der Waals surface area (Å²) < 4.78 is 0.809. The maximum atomic E-state index is 2.55. The SMILES string of the molecule is CC1=Cc2ccccc2[CH]1[Ti][C]1(Pc2ccccc2C)C=Cc2ccccc21.c1ccc(CCc2ccccc2)cc1. The van der Waals surface area contributed by atoms with Crippen molar-refractivity contribution in [3.63, 3.8) is 0 Å². The molecule has 2 aliphatic rings. The fraction of sp³-hybridized carbons (Fsp3) is 0.150. The molecule has 0 nitrogen and oxygen atoms in total. The summed E-state index contributed by atoms with van der Waals surface area (Å²) >= 11 is -0.346. The second-order valence-electron chi connectivity index (χ2n) is 11.2. The molecule has 0 saturated heterocycles. The van der Waals surface area contributed by atoms with Crippen LogP contribution in [0.15, 0.2) is 145 Å². The van der Waals surface area contributed by atoms with Crippen molar-refractivity contribution in [3.8, 4) is 0 Å². The van der Waals surface area contributed by atoms with Crippen molar-refractivity contribution in [2.75, 3.05) is 0 Å². The number of aryl methyl sites for hydroxylation is 3. The van der Waals surface area contributed by atoms with Crippen molar-refractivity contribution in [1.82, 2.24) is 0 Å². The predicted octanol–water partition coefficient (Wildman–Crippen LogP) is 9.89. The second kappa shape index (κ2) is 13.4. The van der Waals surface area contributed by atoms with Crippen LogP contribution in [-0.4, -0.2) is 0 Å². The molecule has 3 atom stereocenters. The molecule has 0 bridgehead atoms. The molecule has 0 radical (unpaired) electrons. The minimum atomic E-state index is -0.346. The van der Waals surface area contributed by atoms with E-state index >= 15 is 0 Å². The summed E-state index contributed by atoms with van der Waals surface area (Å²) in [6.45, 7) is 4.60. The maximum absolute atomic E-state index is 2.55. The number of hydrogen-bond donors (Lipinski definition) is 0.